The van der Waals surface area contributed by atoms with Crippen molar-refractivity contribution in [1.29, 1.82) is 0 Å². The smallest absolute Gasteiger partial charge is 0.306 e. The Bertz CT molecular complexity index is 455. The van der Waals surface area contributed by atoms with Gasteiger partial charge in [0.25, 0.3) is 0 Å². The van der Waals surface area contributed by atoms with Gasteiger partial charge in [-0.2, -0.15) is 0 Å². The number of esters is 1. The summed E-state index contributed by atoms with van der Waals surface area (Å²) in [6.45, 7) is 2.19. The lowest BCUT2D eigenvalue weighted by Gasteiger charge is -2.20. The molecule has 1 saturated heterocycles. The van der Waals surface area contributed by atoms with Crippen LogP contribution in [0.5, 0.6) is 0 Å². The molecule has 1 aromatic carbocycles. The lowest BCUT2D eigenvalue weighted by molar-refractivity contribution is -0.143. The second kappa shape index (κ2) is 5.71. The zero-order valence-electron chi connectivity index (χ0n) is 10.7. The Morgan fingerprint density at radius 3 is 2.78 bits per heavy atom. The summed E-state index contributed by atoms with van der Waals surface area (Å²) in [7, 11) is -2.41. The maximum absolute atomic E-state index is 13.1. The van der Waals surface area contributed by atoms with Crippen LogP contribution in [0.15, 0.2) is 30.3 Å². The van der Waals surface area contributed by atoms with Gasteiger partial charge < -0.3 is 9.30 Å². The molecule has 4 heteroatoms. The van der Waals surface area contributed by atoms with Crippen LogP contribution < -0.4 is 5.30 Å². The van der Waals surface area contributed by atoms with Gasteiger partial charge >= 0.3 is 5.97 Å². The number of hydrogen-bond donors (Lipinski definition) is 0. The Labute approximate surface area is 108 Å². The summed E-state index contributed by atoms with van der Waals surface area (Å²) >= 11 is 0. The van der Waals surface area contributed by atoms with Crippen molar-refractivity contribution in [1.82, 2.24) is 0 Å². The van der Waals surface area contributed by atoms with Crippen LogP contribution in [0, 0.1) is 0 Å². The molecular formula is C14H19O3P. The van der Waals surface area contributed by atoms with Crippen molar-refractivity contribution in [2.45, 2.75) is 31.8 Å². The predicted molar refractivity (Wildman–Crippen MR) is 72.8 cm³/mol. The molecule has 0 bridgehead atoms. The van der Waals surface area contributed by atoms with Crippen LogP contribution in [0.4, 0.5) is 0 Å². The molecule has 0 aliphatic carbocycles. The van der Waals surface area contributed by atoms with Crippen LogP contribution in [0.3, 0.4) is 0 Å². The Hall–Kier alpha value is -1.08. The van der Waals surface area contributed by atoms with E-state index in [4.69, 9.17) is 4.74 Å². The van der Waals surface area contributed by atoms with Gasteiger partial charge in [-0.1, -0.05) is 30.3 Å². The predicted octanol–water partition coefficient (Wildman–Crippen LogP) is 2.79. The van der Waals surface area contributed by atoms with E-state index in [1.165, 1.54) is 0 Å². The fourth-order valence-electron chi connectivity index (χ4n) is 2.63. The zero-order valence-corrected chi connectivity index (χ0v) is 11.6. The SMILES string of the molecule is CCOC(=O)CC1CCCP1(=O)c1ccccc1. The zero-order chi connectivity index (χ0) is 13.0. The van der Waals surface area contributed by atoms with E-state index in [1.807, 2.05) is 30.3 Å². The first-order valence-electron chi connectivity index (χ1n) is 6.47. The molecular weight excluding hydrogens is 247 g/mol. The molecule has 3 nitrogen and oxygen atoms in total. The number of benzene rings is 1. The highest BCUT2D eigenvalue weighted by molar-refractivity contribution is 7.72. The summed E-state index contributed by atoms with van der Waals surface area (Å²) in [6.07, 6.45) is 2.82. The van der Waals surface area contributed by atoms with Crippen molar-refractivity contribution in [2.75, 3.05) is 12.8 Å². The van der Waals surface area contributed by atoms with Crippen molar-refractivity contribution in [2.24, 2.45) is 0 Å². The average molecular weight is 266 g/mol. The third-order valence-corrected chi connectivity index (χ3v) is 7.29. The second-order valence-corrected chi connectivity index (χ2v) is 7.95. The minimum atomic E-state index is -2.41. The third-order valence-electron chi connectivity index (χ3n) is 3.52. The molecule has 18 heavy (non-hydrogen) atoms. The van der Waals surface area contributed by atoms with E-state index in [-0.39, 0.29) is 11.6 Å². The normalized spacial score (nSPS) is 27.1. The average Bonchev–Trinajstić information content (AvgIpc) is 2.74. The van der Waals surface area contributed by atoms with Crippen LogP contribution >= 0.6 is 7.14 Å². The van der Waals surface area contributed by atoms with Crippen LogP contribution in [-0.2, 0) is 14.1 Å². The molecule has 1 aromatic rings. The van der Waals surface area contributed by atoms with Gasteiger partial charge in [0.2, 0.25) is 0 Å². The minimum Gasteiger partial charge on any atom is -0.466 e. The Morgan fingerprint density at radius 2 is 2.11 bits per heavy atom. The van der Waals surface area contributed by atoms with Crippen molar-refractivity contribution in [3.05, 3.63) is 30.3 Å². The van der Waals surface area contributed by atoms with Crippen LogP contribution in [0.2, 0.25) is 0 Å². The first-order chi connectivity index (χ1) is 8.66. The molecule has 0 radical (unpaired) electrons. The molecule has 0 spiro atoms. The molecule has 0 N–H and O–H groups in total. The molecule has 98 valence electrons. The molecule has 2 unspecified atom stereocenters. The molecule has 0 aromatic heterocycles. The fourth-order valence-corrected chi connectivity index (χ4v) is 6.05. The van der Waals surface area contributed by atoms with E-state index in [2.05, 4.69) is 0 Å². The van der Waals surface area contributed by atoms with E-state index in [0.717, 1.165) is 24.3 Å². The first kappa shape index (κ1) is 13.4. The van der Waals surface area contributed by atoms with Crippen molar-refractivity contribution < 1.29 is 14.1 Å². The molecule has 1 aliphatic heterocycles. The first-order valence-corrected chi connectivity index (χ1v) is 8.43. The Morgan fingerprint density at radius 1 is 1.39 bits per heavy atom. The van der Waals surface area contributed by atoms with E-state index >= 15 is 0 Å². The second-order valence-electron chi connectivity index (χ2n) is 4.66. The number of carbonyl (C=O) groups excluding carboxylic acids is 1. The van der Waals surface area contributed by atoms with Gasteiger partial charge in [0.05, 0.1) is 13.0 Å². The van der Waals surface area contributed by atoms with Gasteiger partial charge in [0, 0.05) is 17.1 Å². The summed E-state index contributed by atoms with van der Waals surface area (Å²) in [5.41, 5.74) is -0.0288. The maximum Gasteiger partial charge on any atom is 0.306 e. The maximum atomic E-state index is 13.1. The number of hydrogen-bond acceptors (Lipinski definition) is 3. The molecule has 1 fully saturated rings. The quantitative estimate of drug-likeness (QED) is 0.621. The lowest BCUT2D eigenvalue weighted by atomic mass is 10.2. The number of ether oxygens (including phenoxy) is 1. The molecule has 2 rings (SSSR count). The van der Waals surface area contributed by atoms with Crippen LogP contribution in [0.1, 0.15) is 26.2 Å². The van der Waals surface area contributed by atoms with Crippen molar-refractivity contribution >= 4 is 18.4 Å². The molecule has 0 saturated carbocycles. The number of carbonyl (C=O) groups is 1. The van der Waals surface area contributed by atoms with Crippen molar-refractivity contribution in [3.63, 3.8) is 0 Å². The molecule has 1 heterocycles. The van der Waals surface area contributed by atoms with Gasteiger partial charge in [-0.05, 0) is 19.8 Å². The molecule has 2 atom stereocenters. The lowest BCUT2D eigenvalue weighted by Crippen LogP contribution is -2.19. The van der Waals surface area contributed by atoms with E-state index in [1.54, 1.807) is 6.92 Å². The summed E-state index contributed by atoms with van der Waals surface area (Å²) in [6, 6.07) is 9.59. The van der Waals surface area contributed by atoms with Gasteiger partial charge in [-0.25, -0.2) is 0 Å². The van der Waals surface area contributed by atoms with Gasteiger partial charge in [-0.3, -0.25) is 4.79 Å². The largest absolute Gasteiger partial charge is 0.466 e. The van der Waals surface area contributed by atoms with Crippen LogP contribution in [0.25, 0.3) is 0 Å². The monoisotopic (exact) mass is 266 g/mol. The molecule has 1 aliphatic rings. The van der Waals surface area contributed by atoms with Crippen LogP contribution in [-0.4, -0.2) is 24.4 Å². The van der Waals surface area contributed by atoms with Gasteiger partial charge in [0.15, 0.2) is 0 Å². The van der Waals surface area contributed by atoms with E-state index in [9.17, 15) is 9.36 Å². The summed E-state index contributed by atoms with van der Waals surface area (Å²) < 4.78 is 18.1. The minimum absolute atomic E-state index is 0.0288. The van der Waals surface area contributed by atoms with Gasteiger partial charge in [-0.15, -0.1) is 0 Å². The number of rotatable bonds is 4. The van der Waals surface area contributed by atoms with Crippen molar-refractivity contribution in [3.8, 4) is 0 Å². The fraction of sp³-hybridized carbons (Fsp3) is 0.500. The van der Waals surface area contributed by atoms with E-state index < -0.39 is 7.14 Å². The Balaban J connectivity index is 2.16. The highest BCUT2D eigenvalue weighted by atomic mass is 31.2. The summed E-state index contributed by atoms with van der Waals surface area (Å²) in [5.74, 6) is -0.222. The Kier molecular flexibility index (Phi) is 4.23. The summed E-state index contributed by atoms with van der Waals surface area (Å²) in [4.78, 5) is 11.6. The highest BCUT2D eigenvalue weighted by Gasteiger charge is 2.40. The van der Waals surface area contributed by atoms with E-state index in [0.29, 0.717) is 13.0 Å². The highest BCUT2D eigenvalue weighted by Crippen LogP contribution is 2.58. The molecule has 0 amide bonds. The standard InChI is InChI=1S/C14H19O3P/c1-2-17-14(15)11-13-9-6-10-18(13,16)12-7-4-3-5-8-12/h3-5,7-8,13H,2,6,9-11H2,1H3. The summed E-state index contributed by atoms with van der Waals surface area (Å²) in [5, 5.41) is 0.914. The third kappa shape index (κ3) is 2.67. The van der Waals surface area contributed by atoms with Gasteiger partial charge in [0.1, 0.15) is 7.14 Å². The topological polar surface area (TPSA) is 43.4 Å².